The van der Waals surface area contributed by atoms with Gasteiger partial charge >= 0.3 is 41.5 Å². The van der Waals surface area contributed by atoms with Gasteiger partial charge in [0.2, 0.25) is 0 Å². The Kier molecular flexibility index (Phi) is 14.8. The molecular weight excluding hydrogens is 170 g/mol. The summed E-state index contributed by atoms with van der Waals surface area (Å²) in [6.07, 6.45) is 1.12. The zero-order chi connectivity index (χ0) is 6.57. The molecule has 4 nitrogen and oxygen atoms in total. The second kappa shape index (κ2) is 8.97. The average Bonchev–Trinajstić information content (AvgIpc) is 1.61. The Morgan fingerprint density at radius 2 is 1.20 bits per heavy atom. The van der Waals surface area contributed by atoms with Crippen LogP contribution in [0.2, 0.25) is 0 Å². The summed E-state index contributed by atoms with van der Waals surface area (Å²) in [5, 5.41) is 15.6. The number of aliphatic carboxylic acids is 2. The van der Waals surface area contributed by atoms with Gasteiger partial charge in [-0.25, -0.2) is 9.59 Å². The van der Waals surface area contributed by atoms with Gasteiger partial charge in [0.1, 0.15) is 0 Å². The first-order valence-electron chi connectivity index (χ1n) is 1.77. The summed E-state index contributed by atoms with van der Waals surface area (Å²) in [7, 11) is 0. The number of rotatable bonds is 2. The fourth-order valence-electron chi connectivity index (χ4n) is 0.143. The van der Waals surface area contributed by atoms with Crippen LogP contribution in [0, 0.1) is 0 Å². The van der Waals surface area contributed by atoms with E-state index in [1.54, 1.807) is 0 Å². The Morgan fingerprint density at radius 1 is 1.00 bits per heavy atom. The van der Waals surface area contributed by atoms with Crippen molar-refractivity contribution in [3.63, 3.8) is 0 Å². The van der Waals surface area contributed by atoms with E-state index in [2.05, 4.69) is 0 Å². The predicted molar refractivity (Wildman–Crippen MR) is 24.4 cm³/mol. The van der Waals surface area contributed by atoms with E-state index in [0.29, 0.717) is 12.2 Å². The number of carboxylic acids is 2. The Morgan fingerprint density at radius 3 is 1.30 bits per heavy atom. The maximum atomic E-state index is 9.55. The summed E-state index contributed by atoms with van der Waals surface area (Å²) in [6.45, 7) is 0. The van der Waals surface area contributed by atoms with Crippen LogP contribution in [0.4, 0.5) is 0 Å². The van der Waals surface area contributed by atoms with Crippen molar-refractivity contribution >= 4 is 11.9 Å². The van der Waals surface area contributed by atoms with E-state index < -0.39 is 11.9 Å². The van der Waals surface area contributed by atoms with E-state index in [0.717, 1.165) is 0 Å². The molecule has 2 N–H and O–H groups in total. The zero-order valence-electron chi connectivity index (χ0n) is 5.24. The summed E-state index contributed by atoms with van der Waals surface area (Å²) in [6, 6.07) is 0. The Balaban J connectivity index is -0.000000245. The Hall–Kier alpha value is -0.0300. The molecule has 0 aromatic carbocycles. The normalized spacial score (nSPS) is 7.60. The third-order valence-electron chi connectivity index (χ3n) is 0.368. The number of halogens is 1. The third-order valence-corrected chi connectivity index (χ3v) is 0.368. The molecule has 0 spiro atoms. The molecule has 0 saturated carbocycles. The van der Waals surface area contributed by atoms with Gasteiger partial charge < -0.3 is 22.6 Å². The number of carbonyl (C=O) groups is 2. The van der Waals surface area contributed by atoms with Crippen LogP contribution in [0.1, 0.15) is 0 Å². The molecule has 10 heavy (non-hydrogen) atoms. The monoisotopic (exact) mass is 174 g/mol. The molecule has 0 aliphatic carbocycles. The summed E-state index contributed by atoms with van der Waals surface area (Å²) < 4.78 is 0. The van der Waals surface area contributed by atoms with Gasteiger partial charge in [0.05, 0.1) is 0 Å². The van der Waals surface area contributed by atoms with E-state index >= 15 is 0 Å². The molecular formula is C4H4ClNaO4. The third kappa shape index (κ3) is 15.7. The van der Waals surface area contributed by atoms with Gasteiger partial charge in [-0.05, 0) is 0 Å². The van der Waals surface area contributed by atoms with Crippen molar-refractivity contribution < 1.29 is 61.8 Å². The minimum absolute atomic E-state index is 0. The molecule has 0 heterocycles. The van der Waals surface area contributed by atoms with E-state index in [-0.39, 0.29) is 42.0 Å². The van der Waals surface area contributed by atoms with Crippen molar-refractivity contribution in [3.8, 4) is 0 Å². The standard InChI is InChI=1S/C4H4O4.ClH.Na/c5-3(6)1-2-4(7)8;;/h1-2H,(H,5,6)(H,7,8);1H;/q;;+1/p-1/b2-1-;;. The summed E-state index contributed by atoms with van der Waals surface area (Å²) in [5.74, 6) is -2.51. The van der Waals surface area contributed by atoms with E-state index in [1.165, 1.54) is 0 Å². The molecule has 52 valence electrons. The molecule has 0 fully saturated rings. The quantitative estimate of drug-likeness (QED) is 0.323. The van der Waals surface area contributed by atoms with E-state index in [1.807, 2.05) is 0 Å². The van der Waals surface area contributed by atoms with Crippen LogP contribution < -0.4 is 42.0 Å². The largest absolute Gasteiger partial charge is 1.00 e. The Bertz CT molecular complexity index is 128. The number of carboxylic acid groups (broad SMARTS) is 2. The van der Waals surface area contributed by atoms with Gasteiger partial charge in [-0.1, -0.05) is 0 Å². The van der Waals surface area contributed by atoms with Gasteiger partial charge in [0, 0.05) is 12.2 Å². The first kappa shape index (κ1) is 16.5. The Labute approximate surface area is 85.6 Å². The van der Waals surface area contributed by atoms with E-state index in [9.17, 15) is 9.59 Å². The second-order valence-corrected chi connectivity index (χ2v) is 1.01. The average molecular weight is 175 g/mol. The summed E-state index contributed by atoms with van der Waals surface area (Å²) in [5.41, 5.74) is 0. The molecule has 0 aliphatic rings. The van der Waals surface area contributed by atoms with Gasteiger partial charge in [-0.3, -0.25) is 0 Å². The topological polar surface area (TPSA) is 74.6 Å². The van der Waals surface area contributed by atoms with Gasteiger partial charge in [-0.15, -0.1) is 0 Å². The van der Waals surface area contributed by atoms with Gasteiger partial charge in [-0.2, -0.15) is 0 Å². The molecule has 0 bridgehead atoms. The molecule has 0 rings (SSSR count). The SMILES string of the molecule is O=C(O)/C=C\C(=O)O.[Cl-].[Na+]. The van der Waals surface area contributed by atoms with Crippen molar-refractivity contribution in [2.24, 2.45) is 0 Å². The molecule has 0 aromatic rings. The molecule has 0 aliphatic heterocycles. The number of hydrogen-bond acceptors (Lipinski definition) is 2. The minimum atomic E-state index is -1.26. The van der Waals surface area contributed by atoms with Crippen LogP contribution in [-0.2, 0) is 9.59 Å². The molecule has 0 radical (unpaired) electrons. The first-order chi connectivity index (χ1) is 3.63. The van der Waals surface area contributed by atoms with Crippen molar-refractivity contribution in [2.75, 3.05) is 0 Å². The van der Waals surface area contributed by atoms with Crippen molar-refractivity contribution in [1.82, 2.24) is 0 Å². The maximum absolute atomic E-state index is 9.55. The summed E-state index contributed by atoms with van der Waals surface area (Å²) >= 11 is 0. The van der Waals surface area contributed by atoms with Crippen molar-refractivity contribution in [1.29, 1.82) is 0 Å². The molecule has 0 aromatic heterocycles. The van der Waals surface area contributed by atoms with Crippen LogP contribution in [0.15, 0.2) is 12.2 Å². The summed E-state index contributed by atoms with van der Waals surface area (Å²) in [4.78, 5) is 19.1. The van der Waals surface area contributed by atoms with Crippen LogP contribution in [0.25, 0.3) is 0 Å². The van der Waals surface area contributed by atoms with Crippen LogP contribution in [-0.4, -0.2) is 22.2 Å². The van der Waals surface area contributed by atoms with Crippen LogP contribution in [0.5, 0.6) is 0 Å². The molecule has 6 heteroatoms. The minimum Gasteiger partial charge on any atom is -1.00 e. The molecule has 0 unspecified atom stereocenters. The van der Waals surface area contributed by atoms with Gasteiger partial charge in [0.25, 0.3) is 0 Å². The van der Waals surface area contributed by atoms with Gasteiger partial charge in [0.15, 0.2) is 0 Å². The fraction of sp³-hybridized carbons (Fsp3) is 0. The molecule has 0 saturated heterocycles. The maximum Gasteiger partial charge on any atom is 1.00 e. The second-order valence-electron chi connectivity index (χ2n) is 1.01. The smallest absolute Gasteiger partial charge is 1.00 e. The molecule has 0 atom stereocenters. The van der Waals surface area contributed by atoms with Crippen molar-refractivity contribution in [3.05, 3.63) is 12.2 Å². The molecule has 0 amide bonds. The van der Waals surface area contributed by atoms with E-state index in [4.69, 9.17) is 10.2 Å². The van der Waals surface area contributed by atoms with Crippen molar-refractivity contribution in [2.45, 2.75) is 0 Å². The first-order valence-corrected chi connectivity index (χ1v) is 1.77. The van der Waals surface area contributed by atoms with Crippen LogP contribution in [0.3, 0.4) is 0 Å². The fourth-order valence-corrected chi connectivity index (χ4v) is 0.143. The zero-order valence-corrected chi connectivity index (χ0v) is 8.00. The predicted octanol–water partition coefficient (Wildman–Crippen LogP) is -6.28. The number of hydrogen-bond donors (Lipinski definition) is 2. The van der Waals surface area contributed by atoms with Crippen LogP contribution >= 0.6 is 0 Å².